The predicted molar refractivity (Wildman–Crippen MR) is 73.4 cm³/mol. The van der Waals surface area contributed by atoms with Crippen molar-refractivity contribution in [2.75, 3.05) is 12.4 Å². The first-order chi connectivity index (χ1) is 9.20. The molecule has 0 saturated carbocycles. The van der Waals surface area contributed by atoms with Crippen molar-refractivity contribution >= 4 is 11.7 Å². The fourth-order valence-corrected chi connectivity index (χ4v) is 1.81. The second kappa shape index (κ2) is 5.91. The summed E-state index contributed by atoms with van der Waals surface area (Å²) in [6.45, 7) is 0. The van der Waals surface area contributed by atoms with Crippen molar-refractivity contribution in [3.8, 4) is 5.75 Å². The Morgan fingerprint density at radius 3 is 2.53 bits per heavy atom. The summed E-state index contributed by atoms with van der Waals surface area (Å²) in [5, 5.41) is 12.3. The number of carbonyl (C=O) groups is 1. The Morgan fingerprint density at radius 2 is 1.89 bits per heavy atom. The topological polar surface area (TPSA) is 58.6 Å². The maximum absolute atomic E-state index is 11.4. The summed E-state index contributed by atoms with van der Waals surface area (Å²) >= 11 is 0. The van der Waals surface area contributed by atoms with Crippen LogP contribution < -0.4 is 10.1 Å². The molecule has 2 N–H and O–H groups in total. The van der Waals surface area contributed by atoms with Crippen LogP contribution in [-0.4, -0.2) is 18.2 Å². The number of rotatable bonds is 5. The van der Waals surface area contributed by atoms with E-state index in [-0.39, 0.29) is 0 Å². The highest BCUT2D eigenvalue weighted by molar-refractivity contribution is 5.79. The van der Waals surface area contributed by atoms with E-state index in [0.717, 1.165) is 0 Å². The summed E-state index contributed by atoms with van der Waals surface area (Å²) in [7, 11) is 1.57. The number of anilines is 1. The van der Waals surface area contributed by atoms with E-state index in [4.69, 9.17) is 4.74 Å². The highest BCUT2D eigenvalue weighted by Crippen LogP contribution is 2.23. The van der Waals surface area contributed by atoms with E-state index in [1.807, 2.05) is 30.3 Å². The molecule has 2 aromatic carbocycles. The minimum absolute atomic E-state index is 0.683. The molecule has 0 unspecified atom stereocenters. The van der Waals surface area contributed by atoms with Gasteiger partial charge in [0.15, 0.2) is 6.04 Å². The van der Waals surface area contributed by atoms with Gasteiger partial charge in [0.2, 0.25) is 0 Å². The Morgan fingerprint density at radius 1 is 1.16 bits per heavy atom. The van der Waals surface area contributed by atoms with E-state index in [0.29, 0.717) is 17.0 Å². The average Bonchev–Trinajstić information content (AvgIpc) is 2.45. The standard InChI is InChI=1S/C15H15NO3/c1-19-13-9-5-8-12(10-13)16-14(15(17)18)11-6-3-2-4-7-11/h2-10,14,16H,1H3,(H,17,18)/t14-/m0/s1. The van der Waals surface area contributed by atoms with Crippen LogP contribution >= 0.6 is 0 Å². The smallest absolute Gasteiger partial charge is 0.330 e. The number of aliphatic carboxylic acids is 1. The Kier molecular flexibility index (Phi) is 4.03. The van der Waals surface area contributed by atoms with E-state index in [1.54, 1.807) is 31.4 Å². The van der Waals surface area contributed by atoms with Crippen LogP contribution in [0.3, 0.4) is 0 Å². The predicted octanol–water partition coefficient (Wildman–Crippen LogP) is 2.93. The summed E-state index contributed by atoms with van der Waals surface area (Å²) in [5.41, 5.74) is 1.41. The summed E-state index contributed by atoms with van der Waals surface area (Å²) < 4.78 is 5.12. The Balaban J connectivity index is 2.24. The molecule has 0 radical (unpaired) electrons. The third-order valence-electron chi connectivity index (χ3n) is 2.76. The van der Waals surface area contributed by atoms with E-state index >= 15 is 0 Å². The van der Waals surface area contributed by atoms with Crippen LogP contribution in [0.2, 0.25) is 0 Å². The summed E-state index contributed by atoms with van der Waals surface area (Å²) in [5.74, 6) is -0.240. The molecule has 0 amide bonds. The van der Waals surface area contributed by atoms with Crippen molar-refractivity contribution in [1.29, 1.82) is 0 Å². The van der Waals surface area contributed by atoms with Gasteiger partial charge in [0.1, 0.15) is 5.75 Å². The van der Waals surface area contributed by atoms with Crippen LogP contribution in [0.15, 0.2) is 54.6 Å². The molecule has 0 aromatic heterocycles. The number of carboxylic acid groups (broad SMARTS) is 1. The van der Waals surface area contributed by atoms with Gasteiger partial charge < -0.3 is 15.2 Å². The van der Waals surface area contributed by atoms with Gasteiger partial charge in [-0.3, -0.25) is 0 Å². The molecule has 0 aliphatic rings. The zero-order valence-electron chi connectivity index (χ0n) is 10.5. The molecule has 0 aliphatic heterocycles. The van der Waals surface area contributed by atoms with Crippen molar-refractivity contribution < 1.29 is 14.6 Å². The largest absolute Gasteiger partial charge is 0.497 e. The SMILES string of the molecule is COc1cccc(N[C@H](C(=O)O)c2ccccc2)c1. The zero-order valence-corrected chi connectivity index (χ0v) is 10.5. The van der Waals surface area contributed by atoms with Gasteiger partial charge in [0.05, 0.1) is 7.11 Å². The maximum atomic E-state index is 11.4. The van der Waals surface area contributed by atoms with Crippen molar-refractivity contribution in [3.05, 3.63) is 60.2 Å². The van der Waals surface area contributed by atoms with Crippen molar-refractivity contribution in [1.82, 2.24) is 0 Å². The number of nitrogens with one attached hydrogen (secondary N) is 1. The number of carboxylic acids is 1. The number of hydrogen-bond acceptors (Lipinski definition) is 3. The lowest BCUT2D eigenvalue weighted by Gasteiger charge is -2.16. The minimum atomic E-state index is -0.922. The van der Waals surface area contributed by atoms with Gasteiger partial charge in [-0.05, 0) is 17.7 Å². The van der Waals surface area contributed by atoms with Crippen molar-refractivity contribution in [2.24, 2.45) is 0 Å². The molecular weight excluding hydrogens is 242 g/mol. The lowest BCUT2D eigenvalue weighted by Crippen LogP contribution is -2.20. The molecule has 0 bridgehead atoms. The molecule has 0 aliphatic carbocycles. The highest BCUT2D eigenvalue weighted by Gasteiger charge is 2.19. The van der Waals surface area contributed by atoms with Gasteiger partial charge in [-0.15, -0.1) is 0 Å². The lowest BCUT2D eigenvalue weighted by molar-refractivity contribution is -0.138. The molecule has 98 valence electrons. The van der Waals surface area contributed by atoms with Crippen molar-refractivity contribution in [3.63, 3.8) is 0 Å². The maximum Gasteiger partial charge on any atom is 0.330 e. The number of methoxy groups -OCH3 is 1. The normalized spacial score (nSPS) is 11.6. The zero-order chi connectivity index (χ0) is 13.7. The number of benzene rings is 2. The van der Waals surface area contributed by atoms with Crippen LogP contribution in [0.25, 0.3) is 0 Å². The first-order valence-corrected chi connectivity index (χ1v) is 5.89. The summed E-state index contributed by atoms with van der Waals surface area (Å²) in [6, 6.07) is 15.5. The Hall–Kier alpha value is -2.49. The van der Waals surface area contributed by atoms with Crippen LogP contribution in [-0.2, 0) is 4.79 Å². The lowest BCUT2D eigenvalue weighted by atomic mass is 10.1. The fourth-order valence-electron chi connectivity index (χ4n) is 1.81. The summed E-state index contributed by atoms with van der Waals surface area (Å²) in [4.78, 5) is 11.4. The van der Waals surface area contributed by atoms with Crippen LogP contribution in [0.5, 0.6) is 5.75 Å². The van der Waals surface area contributed by atoms with Gasteiger partial charge in [-0.2, -0.15) is 0 Å². The molecule has 0 fully saturated rings. The number of ether oxygens (including phenoxy) is 1. The van der Waals surface area contributed by atoms with Gasteiger partial charge in [0, 0.05) is 11.8 Å². The highest BCUT2D eigenvalue weighted by atomic mass is 16.5. The third kappa shape index (κ3) is 3.25. The molecule has 4 nitrogen and oxygen atoms in total. The third-order valence-corrected chi connectivity index (χ3v) is 2.76. The molecule has 2 aromatic rings. The molecule has 4 heteroatoms. The van der Waals surface area contributed by atoms with Gasteiger partial charge in [-0.25, -0.2) is 4.79 Å². The number of hydrogen-bond donors (Lipinski definition) is 2. The van der Waals surface area contributed by atoms with E-state index in [2.05, 4.69) is 5.32 Å². The molecule has 19 heavy (non-hydrogen) atoms. The van der Waals surface area contributed by atoms with Gasteiger partial charge >= 0.3 is 5.97 Å². The molecule has 0 saturated heterocycles. The van der Waals surface area contributed by atoms with Crippen molar-refractivity contribution in [2.45, 2.75) is 6.04 Å². The summed E-state index contributed by atoms with van der Waals surface area (Å²) in [6.07, 6.45) is 0. The molecular formula is C15H15NO3. The Labute approximate surface area is 111 Å². The fraction of sp³-hybridized carbons (Fsp3) is 0.133. The molecule has 0 spiro atoms. The Bertz CT molecular complexity index is 554. The second-order valence-corrected chi connectivity index (χ2v) is 4.06. The monoisotopic (exact) mass is 257 g/mol. The quantitative estimate of drug-likeness (QED) is 0.864. The van der Waals surface area contributed by atoms with Crippen LogP contribution in [0.1, 0.15) is 11.6 Å². The second-order valence-electron chi connectivity index (χ2n) is 4.06. The van der Waals surface area contributed by atoms with E-state index in [1.165, 1.54) is 0 Å². The first-order valence-electron chi connectivity index (χ1n) is 5.89. The van der Waals surface area contributed by atoms with E-state index < -0.39 is 12.0 Å². The average molecular weight is 257 g/mol. The molecule has 2 rings (SSSR count). The first kappa shape index (κ1) is 13.0. The van der Waals surface area contributed by atoms with Gasteiger partial charge in [-0.1, -0.05) is 36.4 Å². The van der Waals surface area contributed by atoms with E-state index in [9.17, 15) is 9.90 Å². The van der Waals surface area contributed by atoms with Crippen LogP contribution in [0.4, 0.5) is 5.69 Å². The molecule has 1 atom stereocenters. The van der Waals surface area contributed by atoms with Crippen LogP contribution in [0, 0.1) is 0 Å². The minimum Gasteiger partial charge on any atom is -0.497 e. The molecule has 0 heterocycles. The van der Waals surface area contributed by atoms with Gasteiger partial charge in [0.25, 0.3) is 0 Å².